The highest BCUT2D eigenvalue weighted by Crippen LogP contribution is 2.03. The van der Waals surface area contributed by atoms with Crippen LogP contribution in [0.2, 0.25) is 0 Å². The summed E-state index contributed by atoms with van der Waals surface area (Å²) in [5.41, 5.74) is 2.13. The van der Waals surface area contributed by atoms with Crippen LogP contribution in [0.1, 0.15) is 18.1 Å². The summed E-state index contributed by atoms with van der Waals surface area (Å²) in [6.45, 7) is 2.50. The smallest absolute Gasteiger partial charge is 0.239 e. The molecule has 2 amide bonds. The van der Waals surface area contributed by atoms with Crippen LogP contribution in [-0.4, -0.2) is 34.8 Å². The van der Waals surface area contributed by atoms with Gasteiger partial charge in [0.2, 0.25) is 11.8 Å². The zero-order valence-corrected chi connectivity index (χ0v) is 13.2. The van der Waals surface area contributed by atoms with Crippen LogP contribution < -0.4 is 5.32 Å². The van der Waals surface area contributed by atoms with Gasteiger partial charge in [-0.25, -0.2) is 0 Å². The third-order valence-electron chi connectivity index (χ3n) is 3.48. The molecule has 0 radical (unpaired) electrons. The molecule has 0 aliphatic carbocycles. The van der Waals surface area contributed by atoms with Gasteiger partial charge in [0.25, 0.3) is 0 Å². The van der Waals surface area contributed by atoms with E-state index in [1.165, 1.54) is 17.4 Å². The second-order valence-electron chi connectivity index (χ2n) is 5.32. The van der Waals surface area contributed by atoms with Gasteiger partial charge < -0.3 is 10.2 Å². The van der Waals surface area contributed by atoms with Crippen molar-refractivity contribution in [2.24, 2.45) is 0 Å². The SMILES string of the molecule is CC(=O)N(CC(=O)NCCc1ccccc1)Cc1ccncc1. The molecule has 120 valence electrons. The number of hydrogen-bond donors (Lipinski definition) is 1. The van der Waals surface area contributed by atoms with E-state index in [1.807, 2.05) is 42.5 Å². The normalized spacial score (nSPS) is 10.1. The van der Waals surface area contributed by atoms with Crippen molar-refractivity contribution in [2.45, 2.75) is 19.9 Å². The first kappa shape index (κ1) is 16.7. The van der Waals surface area contributed by atoms with Gasteiger partial charge in [-0.2, -0.15) is 0 Å². The summed E-state index contributed by atoms with van der Waals surface area (Å²) in [6, 6.07) is 13.6. The minimum Gasteiger partial charge on any atom is -0.354 e. The van der Waals surface area contributed by atoms with Crippen molar-refractivity contribution in [3.63, 3.8) is 0 Å². The molecule has 5 heteroatoms. The molecule has 0 aliphatic rings. The van der Waals surface area contributed by atoms with Crippen LogP contribution in [-0.2, 0) is 22.6 Å². The topological polar surface area (TPSA) is 62.3 Å². The van der Waals surface area contributed by atoms with Crippen LogP contribution in [0.5, 0.6) is 0 Å². The Kier molecular flexibility index (Phi) is 6.29. The average molecular weight is 311 g/mol. The van der Waals surface area contributed by atoms with E-state index in [-0.39, 0.29) is 18.4 Å². The number of benzene rings is 1. The number of nitrogens with one attached hydrogen (secondary N) is 1. The number of hydrogen-bond acceptors (Lipinski definition) is 3. The van der Waals surface area contributed by atoms with Crippen LogP contribution in [0.4, 0.5) is 0 Å². The number of carbonyl (C=O) groups is 2. The number of aromatic nitrogens is 1. The summed E-state index contributed by atoms with van der Waals surface area (Å²) in [6.07, 6.45) is 4.12. The molecule has 0 fully saturated rings. The highest BCUT2D eigenvalue weighted by Gasteiger charge is 2.13. The molecule has 0 saturated heterocycles. The van der Waals surface area contributed by atoms with Gasteiger partial charge in [0.1, 0.15) is 0 Å². The van der Waals surface area contributed by atoms with Crippen LogP contribution in [0.25, 0.3) is 0 Å². The third kappa shape index (κ3) is 5.90. The van der Waals surface area contributed by atoms with Crippen molar-refractivity contribution >= 4 is 11.8 Å². The van der Waals surface area contributed by atoms with E-state index in [0.29, 0.717) is 13.1 Å². The van der Waals surface area contributed by atoms with E-state index in [0.717, 1.165) is 12.0 Å². The molecule has 1 heterocycles. The van der Waals surface area contributed by atoms with Gasteiger partial charge in [-0.05, 0) is 29.7 Å². The van der Waals surface area contributed by atoms with Crippen LogP contribution in [0.3, 0.4) is 0 Å². The lowest BCUT2D eigenvalue weighted by molar-refractivity contribution is -0.134. The summed E-state index contributed by atoms with van der Waals surface area (Å²) in [5.74, 6) is -0.273. The summed E-state index contributed by atoms with van der Waals surface area (Å²) in [5, 5.41) is 2.86. The molecule has 2 aromatic rings. The Balaban J connectivity index is 1.80. The summed E-state index contributed by atoms with van der Waals surface area (Å²) >= 11 is 0. The maximum atomic E-state index is 12.0. The molecule has 1 aromatic heterocycles. The molecule has 2 rings (SSSR count). The quantitative estimate of drug-likeness (QED) is 0.848. The fourth-order valence-corrected chi connectivity index (χ4v) is 2.21. The Hall–Kier alpha value is -2.69. The Morgan fingerprint density at radius 3 is 2.39 bits per heavy atom. The molecule has 0 bridgehead atoms. The zero-order chi connectivity index (χ0) is 16.5. The molecule has 1 N–H and O–H groups in total. The lowest BCUT2D eigenvalue weighted by Crippen LogP contribution is -2.39. The van der Waals surface area contributed by atoms with Gasteiger partial charge in [0, 0.05) is 32.4 Å². The number of nitrogens with zero attached hydrogens (tertiary/aromatic N) is 2. The predicted molar refractivity (Wildman–Crippen MR) is 88.5 cm³/mol. The fraction of sp³-hybridized carbons (Fsp3) is 0.278. The molecular formula is C18H21N3O2. The molecular weight excluding hydrogens is 290 g/mol. The first-order chi connectivity index (χ1) is 11.1. The Labute approximate surface area is 136 Å². The van der Waals surface area contributed by atoms with E-state index >= 15 is 0 Å². The van der Waals surface area contributed by atoms with Crippen molar-refractivity contribution in [1.29, 1.82) is 0 Å². The molecule has 23 heavy (non-hydrogen) atoms. The number of amides is 2. The lowest BCUT2D eigenvalue weighted by atomic mass is 10.1. The Bertz CT molecular complexity index is 629. The first-order valence-electron chi connectivity index (χ1n) is 7.60. The summed E-state index contributed by atoms with van der Waals surface area (Å²) in [4.78, 5) is 29.2. The maximum Gasteiger partial charge on any atom is 0.239 e. The largest absolute Gasteiger partial charge is 0.354 e. The monoisotopic (exact) mass is 311 g/mol. The van der Waals surface area contributed by atoms with Gasteiger partial charge in [0.15, 0.2) is 0 Å². The molecule has 0 atom stereocenters. The Morgan fingerprint density at radius 1 is 1.04 bits per heavy atom. The average Bonchev–Trinajstić information content (AvgIpc) is 2.56. The highest BCUT2D eigenvalue weighted by molar-refractivity contribution is 5.83. The van der Waals surface area contributed by atoms with Crippen molar-refractivity contribution in [3.8, 4) is 0 Å². The molecule has 1 aromatic carbocycles. The number of pyridine rings is 1. The maximum absolute atomic E-state index is 12.0. The van der Waals surface area contributed by atoms with Crippen molar-refractivity contribution in [1.82, 2.24) is 15.2 Å². The summed E-state index contributed by atoms with van der Waals surface area (Å²) < 4.78 is 0. The second-order valence-corrected chi connectivity index (χ2v) is 5.32. The van der Waals surface area contributed by atoms with Crippen molar-refractivity contribution < 1.29 is 9.59 Å². The lowest BCUT2D eigenvalue weighted by Gasteiger charge is -2.20. The van der Waals surface area contributed by atoms with Gasteiger partial charge >= 0.3 is 0 Å². The third-order valence-corrected chi connectivity index (χ3v) is 3.48. The van der Waals surface area contributed by atoms with E-state index in [4.69, 9.17) is 0 Å². The van der Waals surface area contributed by atoms with E-state index in [9.17, 15) is 9.59 Å². The van der Waals surface area contributed by atoms with Gasteiger partial charge in [-0.15, -0.1) is 0 Å². The predicted octanol–water partition coefficient (Wildman–Crippen LogP) is 1.79. The van der Waals surface area contributed by atoms with Gasteiger partial charge in [-0.1, -0.05) is 30.3 Å². The minimum atomic E-state index is -0.148. The highest BCUT2D eigenvalue weighted by atomic mass is 16.2. The van der Waals surface area contributed by atoms with Gasteiger partial charge in [-0.3, -0.25) is 14.6 Å². The standard InChI is InChI=1S/C18H21N3O2/c1-15(22)21(13-17-7-10-19-11-8-17)14-18(23)20-12-9-16-5-3-2-4-6-16/h2-8,10-11H,9,12-14H2,1H3,(H,20,23). The van der Waals surface area contributed by atoms with Crippen molar-refractivity contribution in [2.75, 3.05) is 13.1 Å². The van der Waals surface area contributed by atoms with Crippen LogP contribution >= 0.6 is 0 Å². The molecule has 0 saturated carbocycles. The molecule has 0 spiro atoms. The van der Waals surface area contributed by atoms with E-state index in [1.54, 1.807) is 12.4 Å². The zero-order valence-electron chi connectivity index (χ0n) is 13.2. The van der Waals surface area contributed by atoms with E-state index < -0.39 is 0 Å². The number of carbonyl (C=O) groups excluding carboxylic acids is 2. The molecule has 5 nitrogen and oxygen atoms in total. The second kappa shape index (κ2) is 8.68. The summed E-state index contributed by atoms with van der Waals surface area (Å²) in [7, 11) is 0. The minimum absolute atomic E-state index is 0.0620. The van der Waals surface area contributed by atoms with Gasteiger partial charge in [0.05, 0.1) is 6.54 Å². The molecule has 0 unspecified atom stereocenters. The van der Waals surface area contributed by atoms with Crippen LogP contribution in [0.15, 0.2) is 54.9 Å². The molecule has 0 aliphatic heterocycles. The van der Waals surface area contributed by atoms with Crippen molar-refractivity contribution in [3.05, 3.63) is 66.0 Å². The fourth-order valence-electron chi connectivity index (χ4n) is 2.21. The van der Waals surface area contributed by atoms with E-state index in [2.05, 4.69) is 10.3 Å². The van der Waals surface area contributed by atoms with Crippen LogP contribution in [0, 0.1) is 0 Å². The Morgan fingerprint density at radius 2 is 1.74 bits per heavy atom. The number of rotatable bonds is 7. The first-order valence-corrected chi connectivity index (χ1v) is 7.60.